The number of rotatable bonds is 1. The summed E-state index contributed by atoms with van der Waals surface area (Å²) in [5.74, 6) is 0.123. The molecule has 1 fully saturated rings. The van der Waals surface area contributed by atoms with E-state index in [-0.39, 0.29) is 11.3 Å². The summed E-state index contributed by atoms with van der Waals surface area (Å²) in [6.45, 7) is 2.19. The lowest BCUT2D eigenvalue weighted by atomic mass is 9.83. The highest BCUT2D eigenvalue weighted by atomic mass is 127. The molecule has 2 aromatic carbocycles. The van der Waals surface area contributed by atoms with E-state index in [2.05, 4.69) is 69.3 Å². The lowest BCUT2D eigenvalue weighted by molar-refractivity contribution is -0.118. The first-order chi connectivity index (χ1) is 11.1. The summed E-state index contributed by atoms with van der Waals surface area (Å²) in [6, 6.07) is 14.4. The van der Waals surface area contributed by atoms with Gasteiger partial charge in [0.25, 0.3) is 0 Å². The predicted molar refractivity (Wildman–Crippen MR) is 97.5 cm³/mol. The number of benzene rings is 2. The van der Waals surface area contributed by atoms with E-state index in [0.717, 1.165) is 32.3 Å². The van der Waals surface area contributed by atoms with Crippen LogP contribution < -0.4 is 5.32 Å². The topological polar surface area (TPSA) is 57.8 Å². The van der Waals surface area contributed by atoms with E-state index in [9.17, 15) is 4.79 Å². The molecule has 1 saturated carbocycles. The lowest BCUT2D eigenvalue weighted by Gasteiger charge is -2.17. The Bertz CT molecular complexity index is 995. The molecule has 2 atom stereocenters. The van der Waals surface area contributed by atoms with Crippen molar-refractivity contribution < 1.29 is 4.79 Å². The molecule has 1 aliphatic carbocycles. The van der Waals surface area contributed by atoms with Crippen molar-refractivity contribution in [1.29, 1.82) is 0 Å². The molecule has 1 amide bonds. The number of nitrogens with zero attached hydrogens (tertiary/aromatic N) is 1. The van der Waals surface area contributed by atoms with Crippen molar-refractivity contribution in [1.82, 2.24) is 10.2 Å². The molecule has 2 N–H and O–H groups in total. The summed E-state index contributed by atoms with van der Waals surface area (Å²) < 4.78 is 1.05. The van der Waals surface area contributed by atoms with Crippen LogP contribution in [0.1, 0.15) is 24.5 Å². The van der Waals surface area contributed by atoms with Gasteiger partial charge in [-0.05, 0) is 58.3 Å². The molecule has 23 heavy (non-hydrogen) atoms. The summed E-state index contributed by atoms with van der Waals surface area (Å²) in [6.07, 6.45) is 0.843. The number of anilines is 1. The quantitative estimate of drug-likeness (QED) is 0.596. The number of nitrogens with one attached hydrogen (secondary N) is 2. The molecule has 3 aromatic rings. The van der Waals surface area contributed by atoms with Crippen LogP contribution in [-0.4, -0.2) is 16.1 Å². The van der Waals surface area contributed by atoms with E-state index < -0.39 is 5.41 Å². The first-order valence-corrected chi connectivity index (χ1v) is 8.69. The van der Waals surface area contributed by atoms with Crippen molar-refractivity contribution in [3.8, 4) is 0 Å². The smallest absolute Gasteiger partial charge is 0.236 e. The third-order valence-corrected chi connectivity index (χ3v) is 6.43. The number of carbonyl (C=O) groups is 1. The van der Waals surface area contributed by atoms with Crippen molar-refractivity contribution in [3.63, 3.8) is 0 Å². The fourth-order valence-electron chi connectivity index (χ4n) is 4.20. The number of aromatic amines is 1. The number of halogens is 1. The van der Waals surface area contributed by atoms with Gasteiger partial charge in [-0.1, -0.05) is 31.2 Å². The van der Waals surface area contributed by atoms with Crippen LogP contribution in [0.3, 0.4) is 0 Å². The van der Waals surface area contributed by atoms with Gasteiger partial charge >= 0.3 is 0 Å². The fourth-order valence-corrected chi connectivity index (χ4v) is 4.77. The minimum Gasteiger partial charge on any atom is -0.325 e. The average Bonchev–Trinajstić information content (AvgIpc) is 2.89. The fraction of sp³-hybridized carbons (Fsp3) is 0.222. The molecule has 1 aromatic heterocycles. The third-order valence-electron chi connectivity index (χ3n) is 5.60. The molecular weight excluding hydrogens is 401 g/mol. The molecule has 1 spiro atoms. The number of hydrogen-bond donors (Lipinski definition) is 2. The van der Waals surface area contributed by atoms with Crippen molar-refractivity contribution in [2.75, 3.05) is 5.32 Å². The molecule has 4 nitrogen and oxygen atoms in total. The van der Waals surface area contributed by atoms with Crippen LogP contribution in [0.2, 0.25) is 0 Å². The van der Waals surface area contributed by atoms with Crippen molar-refractivity contribution in [2.45, 2.75) is 24.2 Å². The van der Waals surface area contributed by atoms with Crippen molar-refractivity contribution in [2.24, 2.45) is 0 Å². The first-order valence-electron chi connectivity index (χ1n) is 7.61. The minimum absolute atomic E-state index is 0.123. The normalized spacial score (nSPS) is 28.2. The summed E-state index contributed by atoms with van der Waals surface area (Å²) in [5, 5.41) is 11.6. The zero-order chi connectivity index (χ0) is 15.8. The summed E-state index contributed by atoms with van der Waals surface area (Å²) in [4.78, 5) is 12.7. The van der Waals surface area contributed by atoms with Crippen LogP contribution in [0.5, 0.6) is 0 Å². The largest absolute Gasteiger partial charge is 0.325 e. The van der Waals surface area contributed by atoms with Gasteiger partial charge in [-0.3, -0.25) is 9.89 Å². The number of amides is 1. The number of H-pyrrole nitrogens is 1. The van der Waals surface area contributed by atoms with Gasteiger partial charge in [0.1, 0.15) is 3.70 Å². The zero-order valence-corrected chi connectivity index (χ0v) is 14.6. The van der Waals surface area contributed by atoms with Gasteiger partial charge in [0.2, 0.25) is 5.91 Å². The number of hydrogen-bond acceptors (Lipinski definition) is 2. The molecule has 114 valence electrons. The van der Waals surface area contributed by atoms with Crippen LogP contribution in [0.4, 0.5) is 5.69 Å². The number of carbonyl (C=O) groups excluding carboxylic acids is 1. The van der Waals surface area contributed by atoms with Gasteiger partial charge in [0.15, 0.2) is 0 Å². The standard InChI is InChI=1S/C18H14IN3O/c1-17(10-6-7-11-14(8-10)21-22-15(11)19)9-18(17)12-4-2-3-5-13(12)20-16(18)23/h2-8H,9H2,1H3,(H,20,23)(H,21,22)/t17-,18+/m0/s1. The van der Waals surface area contributed by atoms with Crippen molar-refractivity contribution >= 4 is 45.1 Å². The molecule has 5 heteroatoms. The molecule has 1 aliphatic heterocycles. The second-order valence-corrected chi connectivity index (χ2v) is 7.76. The first kappa shape index (κ1) is 13.5. The average molecular weight is 415 g/mol. The second kappa shape index (κ2) is 4.14. The van der Waals surface area contributed by atoms with E-state index in [4.69, 9.17) is 0 Å². The minimum atomic E-state index is -0.430. The molecule has 0 unspecified atom stereocenters. The highest BCUT2D eigenvalue weighted by molar-refractivity contribution is 14.1. The van der Waals surface area contributed by atoms with Crippen LogP contribution in [0.25, 0.3) is 10.9 Å². The highest BCUT2D eigenvalue weighted by Crippen LogP contribution is 2.69. The van der Waals surface area contributed by atoms with E-state index in [0.29, 0.717) is 0 Å². The maximum atomic E-state index is 12.7. The van der Waals surface area contributed by atoms with E-state index in [1.807, 2.05) is 18.2 Å². The predicted octanol–water partition coefficient (Wildman–Crippen LogP) is 3.72. The van der Waals surface area contributed by atoms with Gasteiger partial charge in [-0.2, -0.15) is 5.10 Å². The van der Waals surface area contributed by atoms with Crippen molar-refractivity contribution in [3.05, 3.63) is 57.3 Å². The van der Waals surface area contributed by atoms with Gasteiger partial charge < -0.3 is 5.32 Å². The number of para-hydroxylation sites is 1. The Hall–Kier alpha value is -1.89. The Balaban J connectivity index is 1.68. The SMILES string of the molecule is C[C@@]1(c2ccc3c(I)[nH]nc3c2)C[C@@]12C(=O)Nc1ccccc12. The van der Waals surface area contributed by atoms with Gasteiger partial charge in [0, 0.05) is 16.5 Å². The molecule has 5 rings (SSSR count). The highest BCUT2D eigenvalue weighted by Gasteiger charge is 2.73. The van der Waals surface area contributed by atoms with Gasteiger partial charge in [0.05, 0.1) is 10.9 Å². The summed E-state index contributed by atoms with van der Waals surface area (Å²) >= 11 is 2.25. The second-order valence-electron chi connectivity index (χ2n) is 6.68. The van der Waals surface area contributed by atoms with Crippen LogP contribution in [0.15, 0.2) is 42.5 Å². The number of fused-ring (bicyclic) bond motifs is 3. The number of aromatic nitrogens is 2. The van der Waals surface area contributed by atoms with Gasteiger partial charge in [-0.15, -0.1) is 0 Å². The van der Waals surface area contributed by atoms with E-state index in [1.54, 1.807) is 0 Å². The zero-order valence-electron chi connectivity index (χ0n) is 12.5. The lowest BCUT2D eigenvalue weighted by Crippen LogP contribution is -2.27. The molecule has 0 saturated heterocycles. The Morgan fingerprint density at radius 1 is 1.22 bits per heavy atom. The van der Waals surface area contributed by atoms with E-state index in [1.165, 1.54) is 5.56 Å². The van der Waals surface area contributed by atoms with Crippen LogP contribution in [-0.2, 0) is 15.6 Å². The summed E-state index contributed by atoms with van der Waals surface area (Å²) in [5.41, 5.74) is 3.62. The summed E-state index contributed by atoms with van der Waals surface area (Å²) in [7, 11) is 0. The molecular formula is C18H14IN3O. The molecule has 2 aliphatic rings. The maximum Gasteiger partial charge on any atom is 0.236 e. The van der Waals surface area contributed by atoms with Crippen LogP contribution in [0, 0.1) is 3.70 Å². The van der Waals surface area contributed by atoms with Crippen LogP contribution >= 0.6 is 22.6 Å². The van der Waals surface area contributed by atoms with E-state index >= 15 is 0 Å². The monoisotopic (exact) mass is 415 g/mol. The third kappa shape index (κ3) is 1.51. The Kier molecular flexibility index (Phi) is 2.44. The Morgan fingerprint density at radius 2 is 2.04 bits per heavy atom. The molecule has 0 radical (unpaired) electrons. The van der Waals surface area contributed by atoms with Gasteiger partial charge in [-0.25, -0.2) is 0 Å². The molecule has 2 heterocycles. The Morgan fingerprint density at radius 3 is 2.91 bits per heavy atom. The maximum absolute atomic E-state index is 12.7. The molecule has 0 bridgehead atoms. The Labute approximate surface area is 146 Å².